The zero-order valence-electron chi connectivity index (χ0n) is 10.3. The first-order valence-electron chi connectivity index (χ1n) is 6.09. The quantitative estimate of drug-likeness (QED) is 0.790. The molecule has 0 N–H and O–H groups in total. The molecule has 2 unspecified atom stereocenters. The summed E-state index contributed by atoms with van der Waals surface area (Å²) in [4.78, 5) is 15.3. The maximum atomic E-state index is 12.1. The molecule has 0 radical (unpaired) electrons. The summed E-state index contributed by atoms with van der Waals surface area (Å²) in [6.45, 7) is 6.15. The third-order valence-corrected chi connectivity index (χ3v) is 5.14. The van der Waals surface area contributed by atoms with Crippen molar-refractivity contribution in [3.8, 4) is 0 Å². The summed E-state index contributed by atoms with van der Waals surface area (Å²) in [5, 5.41) is 0. The second-order valence-electron chi connectivity index (χ2n) is 4.98. The van der Waals surface area contributed by atoms with Gasteiger partial charge in [0.05, 0.1) is 15.2 Å². The second kappa shape index (κ2) is 5.63. The van der Waals surface area contributed by atoms with Crippen LogP contribution in [0.3, 0.4) is 0 Å². The maximum absolute atomic E-state index is 12.1. The van der Waals surface area contributed by atoms with Crippen molar-refractivity contribution in [1.82, 2.24) is 4.90 Å². The highest BCUT2D eigenvalue weighted by Crippen LogP contribution is 2.25. The SMILES string of the molecule is CC1CCN(CC(=O)c2ccc(Br)s2)C(C)C1. The van der Waals surface area contributed by atoms with Crippen LogP contribution < -0.4 is 0 Å². The summed E-state index contributed by atoms with van der Waals surface area (Å²) < 4.78 is 1.03. The topological polar surface area (TPSA) is 20.3 Å². The first-order chi connectivity index (χ1) is 8.06. The van der Waals surface area contributed by atoms with Crippen LogP contribution in [0.2, 0.25) is 0 Å². The van der Waals surface area contributed by atoms with Crippen molar-refractivity contribution in [3.05, 3.63) is 20.8 Å². The molecular weight excluding hydrogens is 298 g/mol. The molecule has 1 aromatic rings. The number of likely N-dealkylation sites (tertiary alicyclic amines) is 1. The molecule has 0 spiro atoms. The number of Topliss-reactive ketones (excluding diaryl/α,β-unsaturated/α-hetero) is 1. The van der Waals surface area contributed by atoms with Gasteiger partial charge in [0.25, 0.3) is 0 Å². The molecule has 2 heterocycles. The minimum atomic E-state index is 0.252. The lowest BCUT2D eigenvalue weighted by atomic mass is 9.93. The van der Waals surface area contributed by atoms with E-state index >= 15 is 0 Å². The van der Waals surface area contributed by atoms with Crippen LogP contribution in [0.1, 0.15) is 36.4 Å². The predicted molar refractivity (Wildman–Crippen MR) is 75.8 cm³/mol. The Kier molecular flexibility index (Phi) is 4.39. The molecule has 94 valence electrons. The number of carbonyl (C=O) groups excluding carboxylic acids is 1. The van der Waals surface area contributed by atoms with E-state index in [-0.39, 0.29) is 5.78 Å². The fourth-order valence-corrected chi connectivity index (χ4v) is 3.73. The van der Waals surface area contributed by atoms with Gasteiger partial charge in [0, 0.05) is 6.04 Å². The van der Waals surface area contributed by atoms with Crippen LogP contribution in [0.25, 0.3) is 0 Å². The Morgan fingerprint density at radius 1 is 1.53 bits per heavy atom. The molecule has 0 bridgehead atoms. The lowest BCUT2D eigenvalue weighted by Crippen LogP contribution is -2.42. The number of hydrogen-bond donors (Lipinski definition) is 0. The van der Waals surface area contributed by atoms with Gasteiger partial charge in [-0.3, -0.25) is 9.69 Å². The van der Waals surface area contributed by atoms with E-state index in [0.29, 0.717) is 12.6 Å². The Labute approximate surface area is 115 Å². The first-order valence-corrected chi connectivity index (χ1v) is 7.70. The zero-order chi connectivity index (χ0) is 12.4. The van der Waals surface area contributed by atoms with E-state index in [1.165, 1.54) is 24.2 Å². The van der Waals surface area contributed by atoms with Gasteiger partial charge in [0.2, 0.25) is 0 Å². The molecule has 1 aliphatic heterocycles. The minimum absolute atomic E-state index is 0.252. The maximum Gasteiger partial charge on any atom is 0.186 e. The normalized spacial score (nSPS) is 26.1. The van der Waals surface area contributed by atoms with E-state index in [2.05, 4.69) is 34.7 Å². The summed E-state index contributed by atoms with van der Waals surface area (Å²) >= 11 is 4.92. The summed E-state index contributed by atoms with van der Waals surface area (Å²) in [5.41, 5.74) is 0. The summed E-state index contributed by atoms with van der Waals surface area (Å²) in [6.07, 6.45) is 2.42. The van der Waals surface area contributed by atoms with Crippen LogP contribution in [0.15, 0.2) is 15.9 Å². The summed E-state index contributed by atoms with van der Waals surface area (Å²) in [5.74, 6) is 1.05. The molecule has 2 nitrogen and oxygen atoms in total. The zero-order valence-corrected chi connectivity index (χ0v) is 12.7. The number of piperidine rings is 1. The van der Waals surface area contributed by atoms with Gasteiger partial charge < -0.3 is 0 Å². The van der Waals surface area contributed by atoms with Gasteiger partial charge in [-0.2, -0.15) is 0 Å². The van der Waals surface area contributed by atoms with Crippen LogP contribution in [-0.2, 0) is 0 Å². The largest absolute Gasteiger partial charge is 0.293 e. The van der Waals surface area contributed by atoms with Crippen LogP contribution >= 0.6 is 27.3 Å². The van der Waals surface area contributed by atoms with Crippen molar-refractivity contribution in [2.45, 2.75) is 32.7 Å². The van der Waals surface area contributed by atoms with Crippen LogP contribution in [0.5, 0.6) is 0 Å². The molecule has 2 rings (SSSR count). The standard InChI is InChI=1S/C13H18BrNOS/c1-9-5-6-15(10(2)7-9)8-11(16)12-3-4-13(14)17-12/h3-4,9-10H,5-8H2,1-2H3. The molecule has 1 fully saturated rings. The van der Waals surface area contributed by atoms with Gasteiger partial charge in [-0.05, 0) is 60.3 Å². The third-order valence-electron chi connectivity index (χ3n) is 3.47. The minimum Gasteiger partial charge on any atom is -0.293 e. The molecule has 17 heavy (non-hydrogen) atoms. The van der Waals surface area contributed by atoms with Gasteiger partial charge >= 0.3 is 0 Å². The lowest BCUT2D eigenvalue weighted by Gasteiger charge is -2.35. The molecule has 0 aliphatic carbocycles. The molecule has 4 heteroatoms. The van der Waals surface area contributed by atoms with Crippen molar-refractivity contribution in [1.29, 1.82) is 0 Å². The van der Waals surface area contributed by atoms with Crippen molar-refractivity contribution in [2.75, 3.05) is 13.1 Å². The monoisotopic (exact) mass is 315 g/mol. The molecule has 1 saturated heterocycles. The van der Waals surface area contributed by atoms with Gasteiger partial charge in [0.15, 0.2) is 5.78 Å². The number of thiophene rings is 1. The van der Waals surface area contributed by atoms with Crippen molar-refractivity contribution in [2.24, 2.45) is 5.92 Å². The number of halogens is 1. The van der Waals surface area contributed by atoms with Gasteiger partial charge in [0.1, 0.15) is 0 Å². The smallest absolute Gasteiger partial charge is 0.186 e. The van der Waals surface area contributed by atoms with E-state index in [4.69, 9.17) is 0 Å². The Bertz CT molecular complexity index is 404. The molecule has 0 saturated carbocycles. The Morgan fingerprint density at radius 3 is 2.88 bits per heavy atom. The Balaban J connectivity index is 1.95. The molecular formula is C13H18BrNOS. The number of ketones is 1. The van der Waals surface area contributed by atoms with E-state index < -0.39 is 0 Å². The molecule has 0 amide bonds. The van der Waals surface area contributed by atoms with Gasteiger partial charge in [-0.25, -0.2) is 0 Å². The molecule has 0 aromatic carbocycles. The fourth-order valence-electron chi connectivity index (χ4n) is 2.42. The average molecular weight is 316 g/mol. The number of hydrogen-bond acceptors (Lipinski definition) is 3. The molecule has 1 aromatic heterocycles. The summed E-state index contributed by atoms with van der Waals surface area (Å²) in [7, 11) is 0. The highest BCUT2D eigenvalue weighted by atomic mass is 79.9. The van der Waals surface area contributed by atoms with Crippen LogP contribution in [0, 0.1) is 5.92 Å². The highest BCUT2D eigenvalue weighted by molar-refractivity contribution is 9.11. The van der Waals surface area contributed by atoms with E-state index in [9.17, 15) is 4.79 Å². The van der Waals surface area contributed by atoms with Crippen molar-refractivity contribution < 1.29 is 4.79 Å². The third kappa shape index (κ3) is 3.39. The average Bonchev–Trinajstić information content (AvgIpc) is 2.69. The van der Waals surface area contributed by atoms with E-state index in [1.54, 1.807) is 0 Å². The van der Waals surface area contributed by atoms with E-state index in [0.717, 1.165) is 21.1 Å². The van der Waals surface area contributed by atoms with Gasteiger partial charge in [-0.15, -0.1) is 11.3 Å². The Morgan fingerprint density at radius 2 is 2.29 bits per heavy atom. The first kappa shape index (κ1) is 13.2. The van der Waals surface area contributed by atoms with Gasteiger partial charge in [-0.1, -0.05) is 6.92 Å². The van der Waals surface area contributed by atoms with Crippen molar-refractivity contribution >= 4 is 33.0 Å². The Hall–Kier alpha value is -0.190. The van der Waals surface area contributed by atoms with E-state index in [1.807, 2.05) is 12.1 Å². The lowest BCUT2D eigenvalue weighted by molar-refractivity contribution is 0.0820. The van der Waals surface area contributed by atoms with Crippen molar-refractivity contribution in [3.63, 3.8) is 0 Å². The highest BCUT2D eigenvalue weighted by Gasteiger charge is 2.25. The number of nitrogens with zero attached hydrogens (tertiary/aromatic N) is 1. The summed E-state index contributed by atoms with van der Waals surface area (Å²) in [6, 6.07) is 4.39. The van der Waals surface area contributed by atoms with Crippen LogP contribution in [0.4, 0.5) is 0 Å². The predicted octanol–water partition coefficient (Wildman–Crippen LogP) is 3.81. The molecule has 2 atom stereocenters. The number of carbonyl (C=O) groups is 1. The van der Waals surface area contributed by atoms with Crippen LogP contribution in [-0.4, -0.2) is 29.8 Å². The molecule has 1 aliphatic rings. The number of rotatable bonds is 3. The second-order valence-corrected chi connectivity index (χ2v) is 7.44. The fraction of sp³-hybridized carbons (Fsp3) is 0.615.